The van der Waals surface area contributed by atoms with Gasteiger partial charge in [-0.2, -0.15) is 0 Å². The molecule has 0 amide bonds. The van der Waals surface area contributed by atoms with Crippen LogP contribution in [-0.2, 0) is 37.9 Å². The van der Waals surface area contributed by atoms with Gasteiger partial charge < -0.3 is 19.6 Å². The van der Waals surface area contributed by atoms with E-state index < -0.39 is 5.41 Å². The topological polar surface area (TPSA) is 13.0 Å². The average molecular weight is 1390 g/mol. The van der Waals surface area contributed by atoms with Crippen LogP contribution in [0.1, 0.15) is 235 Å². The van der Waals surface area contributed by atoms with Gasteiger partial charge in [-0.15, -0.1) is 6.58 Å². The van der Waals surface area contributed by atoms with E-state index in [-0.39, 0.29) is 55.9 Å². The third-order valence-electron chi connectivity index (χ3n) is 23.5. The summed E-state index contributed by atoms with van der Waals surface area (Å²) in [6.07, 6.45) is 4.46. The maximum Gasteiger partial charge on any atom is 0.0716 e. The third-order valence-corrected chi connectivity index (χ3v) is 23.5. The number of anilines is 10. The summed E-state index contributed by atoms with van der Waals surface area (Å²) >= 11 is 0. The predicted molar refractivity (Wildman–Crippen MR) is 456 cm³/mol. The molecule has 105 heavy (non-hydrogen) atoms. The Labute approximate surface area is 634 Å². The molecule has 0 radical (unpaired) electrons. The fraction of sp³-hybridized carbons (Fsp3) is 0.386. The molecular formula is C101H122N4. The van der Waals surface area contributed by atoms with E-state index in [0.29, 0.717) is 11.8 Å². The summed E-state index contributed by atoms with van der Waals surface area (Å²) in [5.41, 5.74) is 25.1. The molecule has 4 nitrogen and oxygen atoms in total. The fourth-order valence-corrected chi connectivity index (χ4v) is 16.5. The molecule has 10 aromatic rings. The van der Waals surface area contributed by atoms with E-state index in [2.05, 4.69) is 422 Å². The van der Waals surface area contributed by atoms with Gasteiger partial charge in [-0.05, 0) is 244 Å². The number of hydrogen-bond acceptors (Lipinski definition) is 4. The van der Waals surface area contributed by atoms with Crippen molar-refractivity contribution in [3.63, 3.8) is 0 Å². The molecule has 4 atom stereocenters. The van der Waals surface area contributed by atoms with E-state index in [1.807, 2.05) is 0 Å². The number of nitrogens with zero attached hydrogens (tertiary/aromatic N) is 4. The molecule has 12 rings (SSSR count). The van der Waals surface area contributed by atoms with Crippen molar-refractivity contribution in [1.82, 2.24) is 0 Å². The Hall–Kier alpha value is -8.86. The van der Waals surface area contributed by atoms with E-state index in [1.54, 1.807) is 0 Å². The molecule has 2 aliphatic rings. The van der Waals surface area contributed by atoms with Crippen LogP contribution in [0.4, 0.5) is 56.9 Å². The third kappa shape index (κ3) is 15.1. The maximum atomic E-state index is 4.78. The monoisotopic (exact) mass is 1390 g/mol. The Morgan fingerprint density at radius 1 is 0.333 bits per heavy atom. The van der Waals surface area contributed by atoms with Gasteiger partial charge in [0.1, 0.15) is 0 Å². The zero-order valence-corrected chi connectivity index (χ0v) is 68.3. The van der Waals surface area contributed by atoms with Gasteiger partial charge in [0.25, 0.3) is 0 Å². The second-order valence-corrected chi connectivity index (χ2v) is 38.5. The molecule has 2 aliphatic carbocycles. The van der Waals surface area contributed by atoms with Crippen LogP contribution in [0.5, 0.6) is 0 Å². The van der Waals surface area contributed by atoms with E-state index in [9.17, 15) is 0 Å². The lowest BCUT2D eigenvalue weighted by molar-refractivity contribution is 0.109. The Bertz CT molecular complexity index is 4530. The number of fused-ring (bicyclic) bond motifs is 3. The molecule has 0 spiro atoms. The Morgan fingerprint density at radius 3 is 0.924 bits per heavy atom. The van der Waals surface area contributed by atoms with Gasteiger partial charge in [0.15, 0.2) is 0 Å². The normalized spacial score (nSPS) is 16.0. The minimum Gasteiger partial charge on any atom is -0.338 e. The molecular weight excluding hydrogens is 1270 g/mol. The molecule has 10 aromatic carbocycles. The maximum absolute atomic E-state index is 4.78. The molecule has 0 heterocycles. The smallest absolute Gasteiger partial charge is 0.0716 e. The highest BCUT2D eigenvalue weighted by Crippen LogP contribution is 2.60. The summed E-state index contributed by atoms with van der Waals surface area (Å²) in [6, 6.07) is 91.2. The van der Waals surface area contributed by atoms with Crippen molar-refractivity contribution < 1.29 is 0 Å². The van der Waals surface area contributed by atoms with Crippen molar-refractivity contribution in [1.29, 1.82) is 0 Å². The lowest BCUT2D eigenvalue weighted by atomic mass is 9.64. The Balaban J connectivity index is 1.28. The van der Waals surface area contributed by atoms with Crippen LogP contribution in [0.2, 0.25) is 0 Å². The van der Waals surface area contributed by atoms with E-state index in [0.717, 1.165) is 58.3 Å². The lowest BCUT2D eigenvalue weighted by Gasteiger charge is -2.51. The van der Waals surface area contributed by atoms with Gasteiger partial charge in [0, 0.05) is 62.9 Å². The first-order valence-electron chi connectivity index (χ1n) is 39.1. The van der Waals surface area contributed by atoms with Crippen molar-refractivity contribution in [3.05, 3.63) is 299 Å². The summed E-state index contributed by atoms with van der Waals surface area (Å²) in [4.78, 5) is 10.5. The van der Waals surface area contributed by atoms with Crippen molar-refractivity contribution in [3.8, 4) is 11.1 Å². The molecule has 0 aromatic heterocycles. The van der Waals surface area contributed by atoms with Crippen LogP contribution in [0.3, 0.4) is 0 Å². The van der Waals surface area contributed by atoms with Gasteiger partial charge in [-0.3, -0.25) is 0 Å². The molecule has 1 fully saturated rings. The summed E-state index contributed by atoms with van der Waals surface area (Å²) in [5, 5.41) is 0. The summed E-state index contributed by atoms with van der Waals surface area (Å²) in [7, 11) is 0. The Kier molecular flexibility index (Phi) is 20.3. The average Bonchev–Trinajstić information content (AvgIpc) is 1.56. The molecule has 0 aliphatic heterocycles. The number of rotatable bonds is 17. The zero-order chi connectivity index (χ0) is 75.9. The molecule has 0 N–H and O–H groups in total. The molecule has 4 heteroatoms. The largest absolute Gasteiger partial charge is 0.338 e. The van der Waals surface area contributed by atoms with E-state index >= 15 is 0 Å². The summed E-state index contributed by atoms with van der Waals surface area (Å²) in [6.45, 7) is 61.1. The standard InChI is InChI=1S/C101H122N4/c1-26-92(68(4)67(2)3)104(81-55-43-73(44-56-81)98(17,18)19)85-63-75(61-83(65-85)102(77-47-35-69(36-48-77)94(5,6)7)78-49-37-70(38-50-78)95(8,9)10)101(89-33-29-27-31-87(89)88-32-28-30-34-90(88)101)76-62-84(103(79-51-39-71(40-52-79)96(11,12)13)80-53-41-72(42-54-80)97(14,15)16)66-86(64-76)105(93-60-59-91(93)100(23,24)25)82-57-45-74(46-58-82)99(20,21)22/h26-58,61-68,91-93H,1,59-60H2,2-25H3/t68-,91+,92?,93?/m0/s1. The van der Waals surface area contributed by atoms with Gasteiger partial charge in [0.05, 0.1) is 11.5 Å². The van der Waals surface area contributed by atoms with Crippen LogP contribution in [0.25, 0.3) is 11.1 Å². The van der Waals surface area contributed by atoms with Crippen LogP contribution >= 0.6 is 0 Å². The minimum atomic E-state index is -0.946. The second kappa shape index (κ2) is 28.1. The first-order valence-corrected chi connectivity index (χ1v) is 39.1. The first-order chi connectivity index (χ1) is 49.2. The number of benzene rings is 10. The van der Waals surface area contributed by atoms with Crippen molar-refractivity contribution in [2.24, 2.45) is 23.2 Å². The van der Waals surface area contributed by atoms with Gasteiger partial charge >= 0.3 is 0 Å². The molecule has 2 unspecified atom stereocenters. The van der Waals surface area contributed by atoms with Crippen LogP contribution in [0.15, 0.2) is 243 Å². The predicted octanol–water partition coefficient (Wildman–Crippen LogP) is 28.7. The molecule has 0 saturated heterocycles. The number of hydrogen-bond donors (Lipinski definition) is 0. The highest BCUT2D eigenvalue weighted by molar-refractivity contribution is 5.91. The molecule has 1 saturated carbocycles. The van der Waals surface area contributed by atoms with Crippen LogP contribution < -0.4 is 19.6 Å². The fourth-order valence-electron chi connectivity index (χ4n) is 16.5. The quantitative estimate of drug-likeness (QED) is 0.0843. The van der Waals surface area contributed by atoms with E-state index in [1.165, 1.54) is 78.1 Å². The van der Waals surface area contributed by atoms with Crippen molar-refractivity contribution >= 4 is 56.9 Å². The first kappa shape index (κ1) is 75.8. The summed E-state index contributed by atoms with van der Waals surface area (Å²) < 4.78 is 0. The highest BCUT2D eigenvalue weighted by atomic mass is 15.2. The molecule has 0 bridgehead atoms. The van der Waals surface area contributed by atoms with Crippen molar-refractivity contribution in [2.45, 2.75) is 229 Å². The minimum absolute atomic E-state index is 0.0270. The van der Waals surface area contributed by atoms with Crippen LogP contribution in [0, 0.1) is 23.2 Å². The van der Waals surface area contributed by atoms with Gasteiger partial charge in [-0.25, -0.2) is 0 Å². The van der Waals surface area contributed by atoms with E-state index in [4.69, 9.17) is 6.58 Å². The van der Waals surface area contributed by atoms with Crippen LogP contribution in [-0.4, -0.2) is 12.1 Å². The zero-order valence-electron chi connectivity index (χ0n) is 68.3. The van der Waals surface area contributed by atoms with Gasteiger partial charge in [-0.1, -0.05) is 294 Å². The van der Waals surface area contributed by atoms with Crippen molar-refractivity contribution in [2.75, 3.05) is 19.6 Å². The summed E-state index contributed by atoms with van der Waals surface area (Å²) in [5.74, 6) is 0.969. The molecule has 546 valence electrons. The second-order valence-electron chi connectivity index (χ2n) is 38.5. The van der Waals surface area contributed by atoms with Gasteiger partial charge in [0.2, 0.25) is 0 Å². The Morgan fingerprint density at radius 2 is 0.629 bits per heavy atom. The highest BCUT2D eigenvalue weighted by Gasteiger charge is 2.49. The lowest BCUT2D eigenvalue weighted by Crippen LogP contribution is -2.50. The SMILES string of the molecule is C=CC([C@@H](C)C(C)C)N(c1ccc(C(C)(C)C)cc1)c1cc(N(c2ccc(C(C)(C)C)cc2)c2ccc(C(C)(C)C)cc2)cc(C2(c3cc(N(c4ccc(C(C)(C)C)cc4)c4ccc(C(C)(C)C)cc4)cc(N(c4ccc(C(C)(C)C)cc4)C4CC[C@H]4C(C)(C)C)c3)c3ccccc3-c3ccccc32)c1.